The molecule has 0 N–H and O–H groups in total. The van der Waals surface area contributed by atoms with Gasteiger partial charge in [-0.3, -0.25) is 14.2 Å². The van der Waals surface area contributed by atoms with Crippen LogP contribution in [0.5, 0.6) is 0 Å². The molecule has 0 fully saturated rings. The van der Waals surface area contributed by atoms with Crippen LogP contribution in [0.1, 0.15) is 4.88 Å². The molecule has 1 amide bonds. The number of benzene rings is 1. The summed E-state index contributed by atoms with van der Waals surface area (Å²) >= 11 is 3.09. The molecule has 0 spiro atoms. The molecule has 0 aliphatic rings. The number of fused-ring (bicyclic) bond motifs is 1. The van der Waals surface area contributed by atoms with Gasteiger partial charge in [-0.1, -0.05) is 36.4 Å². The lowest BCUT2D eigenvalue weighted by atomic mass is 10.2. The summed E-state index contributed by atoms with van der Waals surface area (Å²) in [5, 5.41) is 2.53. The van der Waals surface area contributed by atoms with E-state index >= 15 is 0 Å². The molecule has 0 unspecified atom stereocenters. The van der Waals surface area contributed by atoms with E-state index in [-0.39, 0.29) is 18.0 Å². The first kappa shape index (κ1) is 17.6. The highest BCUT2D eigenvalue weighted by molar-refractivity contribution is 7.21. The number of carbonyl (C=O) groups is 1. The number of amides is 1. The summed E-state index contributed by atoms with van der Waals surface area (Å²) < 4.78 is 1.39. The highest BCUT2D eigenvalue weighted by Gasteiger charge is 2.15. The zero-order valence-corrected chi connectivity index (χ0v) is 16.3. The summed E-state index contributed by atoms with van der Waals surface area (Å²) in [7, 11) is 1.75. The number of hydrogen-bond donors (Lipinski definition) is 0. The van der Waals surface area contributed by atoms with Crippen LogP contribution in [0, 0.1) is 0 Å². The number of thiophene rings is 2. The van der Waals surface area contributed by atoms with Crippen LogP contribution >= 0.6 is 22.7 Å². The third-order valence-corrected chi connectivity index (χ3v) is 6.23. The van der Waals surface area contributed by atoms with E-state index in [9.17, 15) is 9.59 Å². The summed E-state index contributed by atoms with van der Waals surface area (Å²) in [5.41, 5.74) is 0.870. The van der Waals surface area contributed by atoms with Crippen molar-refractivity contribution in [2.45, 2.75) is 13.1 Å². The standard InChI is InChI=1S/C20H17N3O2S2/c1-22(11-15-8-5-9-26-15)18(24)12-23-13-21-19-16(20(23)25)10-17(27-19)14-6-3-2-4-7-14/h2-10,13H,11-12H2,1H3. The minimum absolute atomic E-state index is 0.0137. The smallest absolute Gasteiger partial charge is 0.262 e. The SMILES string of the molecule is CN(Cc1cccs1)C(=O)Cn1cnc2sc(-c3ccccc3)cc2c1=O. The van der Waals surface area contributed by atoms with E-state index in [2.05, 4.69) is 4.98 Å². The predicted molar refractivity (Wildman–Crippen MR) is 110 cm³/mol. The lowest BCUT2D eigenvalue weighted by Crippen LogP contribution is -2.33. The molecular formula is C20H17N3O2S2. The van der Waals surface area contributed by atoms with E-state index in [1.807, 2.05) is 53.9 Å². The van der Waals surface area contributed by atoms with E-state index in [1.165, 1.54) is 22.2 Å². The molecule has 0 saturated heterocycles. The third kappa shape index (κ3) is 3.70. The van der Waals surface area contributed by atoms with Crippen molar-refractivity contribution < 1.29 is 4.79 Å². The number of likely N-dealkylation sites (N-methyl/N-ethyl adjacent to an activating group) is 1. The van der Waals surface area contributed by atoms with E-state index in [0.717, 1.165) is 15.3 Å². The maximum Gasteiger partial charge on any atom is 0.262 e. The van der Waals surface area contributed by atoms with Crippen molar-refractivity contribution >= 4 is 38.8 Å². The molecule has 136 valence electrons. The number of nitrogens with zero attached hydrogens (tertiary/aromatic N) is 3. The molecule has 5 nitrogen and oxygen atoms in total. The number of rotatable bonds is 5. The summed E-state index contributed by atoms with van der Waals surface area (Å²) in [6, 6.07) is 15.7. The Labute approximate surface area is 164 Å². The van der Waals surface area contributed by atoms with E-state index in [4.69, 9.17) is 0 Å². The maximum atomic E-state index is 12.8. The molecule has 0 aliphatic carbocycles. The Hall–Kier alpha value is -2.77. The molecule has 0 saturated carbocycles. The zero-order chi connectivity index (χ0) is 18.8. The molecule has 0 aliphatic heterocycles. The average molecular weight is 396 g/mol. The highest BCUT2D eigenvalue weighted by Crippen LogP contribution is 2.30. The topological polar surface area (TPSA) is 55.2 Å². The van der Waals surface area contributed by atoms with Crippen molar-refractivity contribution in [1.82, 2.24) is 14.5 Å². The molecule has 0 atom stereocenters. The Morgan fingerprint density at radius 3 is 2.74 bits per heavy atom. The Morgan fingerprint density at radius 2 is 2.00 bits per heavy atom. The van der Waals surface area contributed by atoms with Gasteiger partial charge in [0.2, 0.25) is 5.91 Å². The van der Waals surface area contributed by atoms with Gasteiger partial charge < -0.3 is 4.90 Å². The highest BCUT2D eigenvalue weighted by atomic mass is 32.1. The molecule has 7 heteroatoms. The second-order valence-corrected chi connectivity index (χ2v) is 8.27. The average Bonchev–Trinajstić information content (AvgIpc) is 3.34. The Morgan fingerprint density at radius 1 is 1.19 bits per heavy atom. The molecule has 3 aromatic heterocycles. The van der Waals surface area contributed by atoms with E-state index in [0.29, 0.717) is 16.8 Å². The van der Waals surface area contributed by atoms with Crippen LogP contribution in [-0.2, 0) is 17.9 Å². The largest absolute Gasteiger partial charge is 0.339 e. The molecular weight excluding hydrogens is 378 g/mol. The van der Waals surface area contributed by atoms with Crippen molar-refractivity contribution in [3.05, 3.63) is 75.5 Å². The summed E-state index contributed by atoms with van der Waals surface area (Å²) in [4.78, 5) is 34.1. The van der Waals surface area contributed by atoms with Crippen molar-refractivity contribution in [1.29, 1.82) is 0 Å². The fraction of sp³-hybridized carbons (Fsp3) is 0.150. The van der Waals surface area contributed by atoms with Crippen LogP contribution < -0.4 is 5.56 Å². The Bertz CT molecular complexity index is 1130. The van der Waals surface area contributed by atoms with Gasteiger partial charge in [-0.2, -0.15) is 0 Å². The molecule has 3 heterocycles. The van der Waals surface area contributed by atoms with Crippen molar-refractivity contribution in [2.75, 3.05) is 7.05 Å². The van der Waals surface area contributed by atoms with Gasteiger partial charge in [0, 0.05) is 16.8 Å². The van der Waals surface area contributed by atoms with Gasteiger partial charge in [0.1, 0.15) is 11.4 Å². The minimum atomic E-state index is -0.184. The number of aromatic nitrogens is 2. The van der Waals surface area contributed by atoms with Crippen LogP contribution in [0.15, 0.2) is 65.0 Å². The fourth-order valence-electron chi connectivity index (χ4n) is 2.81. The summed E-state index contributed by atoms with van der Waals surface area (Å²) in [5.74, 6) is -0.120. The predicted octanol–water partition coefficient (Wildman–Crippen LogP) is 3.85. The van der Waals surface area contributed by atoms with Crippen molar-refractivity contribution in [3.8, 4) is 10.4 Å². The van der Waals surface area contributed by atoms with Gasteiger partial charge in [-0.15, -0.1) is 22.7 Å². The lowest BCUT2D eigenvalue weighted by Gasteiger charge is -2.16. The first-order valence-corrected chi connectivity index (χ1v) is 10.1. The molecule has 27 heavy (non-hydrogen) atoms. The van der Waals surface area contributed by atoms with Gasteiger partial charge >= 0.3 is 0 Å². The molecule has 4 aromatic rings. The molecule has 1 aromatic carbocycles. The first-order valence-electron chi connectivity index (χ1n) is 8.42. The Kier molecular flexibility index (Phi) is 4.87. The van der Waals surface area contributed by atoms with Gasteiger partial charge in [0.25, 0.3) is 5.56 Å². The molecule has 0 bridgehead atoms. The summed E-state index contributed by atoms with van der Waals surface area (Å²) in [6.45, 7) is 0.525. The molecule has 0 radical (unpaired) electrons. The van der Waals surface area contributed by atoms with Crippen LogP contribution in [0.2, 0.25) is 0 Å². The van der Waals surface area contributed by atoms with Crippen LogP contribution in [0.25, 0.3) is 20.7 Å². The second kappa shape index (κ2) is 7.46. The van der Waals surface area contributed by atoms with Gasteiger partial charge in [0.05, 0.1) is 18.3 Å². The van der Waals surface area contributed by atoms with Crippen LogP contribution in [0.4, 0.5) is 0 Å². The third-order valence-electron chi connectivity index (χ3n) is 4.28. The normalized spacial score (nSPS) is 11.0. The summed E-state index contributed by atoms with van der Waals surface area (Å²) in [6.07, 6.45) is 1.47. The quantitative estimate of drug-likeness (QED) is 0.516. The van der Waals surface area contributed by atoms with Gasteiger partial charge in [0.15, 0.2) is 0 Å². The Balaban J connectivity index is 1.58. The van der Waals surface area contributed by atoms with E-state index < -0.39 is 0 Å². The van der Waals surface area contributed by atoms with Gasteiger partial charge in [-0.05, 0) is 23.1 Å². The van der Waals surface area contributed by atoms with E-state index in [1.54, 1.807) is 23.3 Å². The number of hydrogen-bond acceptors (Lipinski definition) is 5. The van der Waals surface area contributed by atoms with Gasteiger partial charge in [-0.25, -0.2) is 4.98 Å². The number of carbonyl (C=O) groups excluding carboxylic acids is 1. The maximum absolute atomic E-state index is 12.8. The molecule has 4 rings (SSSR count). The zero-order valence-electron chi connectivity index (χ0n) is 14.7. The second-order valence-electron chi connectivity index (χ2n) is 6.20. The van der Waals surface area contributed by atoms with Crippen LogP contribution in [-0.4, -0.2) is 27.4 Å². The monoisotopic (exact) mass is 395 g/mol. The van der Waals surface area contributed by atoms with Crippen molar-refractivity contribution in [3.63, 3.8) is 0 Å². The first-order chi connectivity index (χ1) is 13.1. The minimum Gasteiger partial charge on any atom is -0.339 e. The van der Waals surface area contributed by atoms with Crippen molar-refractivity contribution in [2.24, 2.45) is 0 Å². The lowest BCUT2D eigenvalue weighted by molar-refractivity contribution is -0.131. The fourth-order valence-corrected chi connectivity index (χ4v) is 4.56. The van der Waals surface area contributed by atoms with Crippen LogP contribution in [0.3, 0.4) is 0 Å².